The maximum Gasteiger partial charge on any atom is 0.230 e. The quantitative estimate of drug-likeness (QED) is 0.102. The Kier molecular flexibility index (Phi) is 11.6. The van der Waals surface area contributed by atoms with Gasteiger partial charge < -0.3 is 9.30 Å². The van der Waals surface area contributed by atoms with Gasteiger partial charge in [-0.3, -0.25) is 9.69 Å². The van der Waals surface area contributed by atoms with Crippen LogP contribution < -0.4 is 0 Å². The lowest BCUT2D eigenvalue weighted by atomic mass is 9.98. The SMILES string of the molecule is CCCCc1nc(Cl)c(C(=O)c2cccc(CN(CC)CC)n2)n1Cc1ccc(-c2ccccc2-c2nnnn2C(C)OCC)cc1. The lowest BCUT2D eigenvalue weighted by Gasteiger charge is -2.17. The van der Waals surface area contributed by atoms with Crippen LogP contribution in [0.2, 0.25) is 5.15 Å². The fourth-order valence-electron chi connectivity index (χ4n) is 5.70. The van der Waals surface area contributed by atoms with Crippen LogP contribution in [0.25, 0.3) is 22.5 Å². The number of unbranched alkanes of at least 4 members (excludes halogenated alkanes) is 1. The molecule has 0 amide bonds. The number of carbonyl (C=O) groups excluding carboxylic acids is 1. The highest BCUT2D eigenvalue weighted by Gasteiger charge is 2.25. The second-order valence-electron chi connectivity index (χ2n) is 11.4. The van der Waals surface area contributed by atoms with Crippen molar-refractivity contribution < 1.29 is 9.53 Å². The minimum Gasteiger partial charge on any atom is -0.357 e. The molecular weight excluding hydrogens is 612 g/mol. The smallest absolute Gasteiger partial charge is 0.230 e. The molecule has 0 radical (unpaired) electrons. The van der Waals surface area contributed by atoms with E-state index in [-0.39, 0.29) is 17.2 Å². The molecule has 3 aromatic heterocycles. The van der Waals surface area contributed by atoms with Crippen LogP contribution in [0.3, 0.4) is 0 Å². The number of aryl methyl sites for hydroxylation is 1. The van der Waals surface area contributed by atoms with Crippen molar-refractivity contribution in [3.8, 4) is 22.5 Å². The zero-order valence-electron chi connectivity index (χ0n) is 27.9. The molecule has 1 unspecified atom stereocenters. The highest BCUT2D eigenvalue weighted by molar-refractivity contribution is 6.33. The number of rotatable bonds is 16. The summed E-state index contributed by atoms with van der Waals surface area (Å²) in [4.78, 5) is 25.7. The van der Waals surface area contributed by atoms with E-state index in [4.69, 9.17) is 21.3 Å². The van der Waals surface area contributed by atoms with Gasteiger partial charge in [0.2, 0.25) is 5.78 Å². The fourth-order valence-corrected chi connectivity index (χ4v) is 5.99. The van der Waals surface area contributed by atoms with Gasteiger partial charge in [0.15, 0.2) is 17.2 Å². The number of ether oxygens (including phenoxy) is 1. The molecule has 10 nitrogen and oxygen atoms in total. The number of pyridine rings is 1. The zero-order valence-corrected chi connectivity index (χ0v) is 28.6. The number of tetrazole rings is 1. The van der Waals surface area contributed by atoms with Crippen molar-refractivity contribution in [2.24, 2.45) is 0 Å². The van der Waals surface area contributed by atoms with Gasteiger partial charge in [0.25, 0.3) is 0 Å². The largest absolute Gasteiger partial charge is 0.357 e. The molecule has 0 bridgehead atoms. The first-order valence-corrected chi connectivity index (χ1v) is 16.8. The Labute approximate surface area is 281 Å². The number of benzene rings is 2. The second-order valence-corrected chi connectivity index (χ2v) is 11.8. The summed E-state index contributed by atoms with van der Waals surface area (Å²) in [7, 11) is 0. The third-order valence-corrected chi connectivity index (χ3v) is 8.57. The molecule has 0 aliphatic carbocycles. The van der Waals surface area contributed by atoms with Crippen LogP contribution in [0.1, 0.15) is 87.0 Å². The number of hydrogen-bond donors (Lipinski definition) is 0. The average molecular weight is 655 g/mol. The topological polar surface area (TPSA) is 104 Å². The molecule has 246 valence electrons. The Balaban J connectivity index is 1.46. The van der Waals surface area contributed by atoms with Gasteiger partial charge in [-0.25, -0.2) is 9.97 Å². The molecule has 0 aliphatic heterocycles. The highest BCUT2D eigenvalue weighted by atomic mass is 35.5. The van der Waals surface area contributed by atoms with Crippen molar-refractivity contribution in [3.63, 3.8) is 0 Å². The first-order valence-electron chi connectivity index (χ1n) is 16.4. The fraction of sp³-hybridized carbons (Fsp3) is 0.389. The number of imidazole rings is 1. The molecule has 0 saturated carbocycles. The zero-order chi connectivity index (χ0) is 33.3. The predicted octanol–water partition coefficient (Wildman–Crippen LogP) is 7.27. The van der Waals surface area contributed by atoms with Gasteiger partial charge in [0, 0.05) is 31.7 Å². The maximum absolute atomic E-state index is 14.0. The van der Waals surface area contributed by atoms with Gasteiger partial charge in [-0.05, 0) is 72.6 Å². The maximum atomic E-state index is 14.0. The second kappa shape index (κ2) is 16.0. The average Bonchev–Trinajstić information content (AvgIpc) is 3.71. The Hall–Kier alpha value is -4.25. The molecule has 0 spiro atoms. The molecule has 5 aromatic rings. The summed E-state index contributed by atoms with van der Waals surface area (Å²) < 4.78 is 9.42. The summed E-state index contributed by atoms with van der Waals surface area (Å²) in [5, 5.41) is 12.6. The molecule has 0 saturated heterocycles. The lowest BCUT2D eigenvalue weighted by molar-refractivity contribution is 0.0159. The molecule has 0 fully saturated rings. The van der Waals surface area contributed by atoms with Crippen molar-refractivity contribution in [2.75, 3.05) is 19.7 Å². The number of carbonyl (C=O) groups is 1. The number of nitrogens with zero attached hydrogens (tertiary/aromatic N) is 8. The standard InChI is InChI=1S/C36H43ClN8O2/c1-6-10-18-32-39-35(37)33(34(46)31-17-13-14-28(38-31)24-43(7-2)8-3)44(32)23-26-19-21-27(22-20-26)29-15-11-12-16-30(29)36-40-41-42-45(36)25(5)47-9-4/h11-17,19-22,25H,6-10,18,23-24H2,1-5H3. The third kappa shape index (κ3) is 7.84. The van der Waals surface area contributed by atoms with E-state index in [0.717, 1.165) is 66.1 Å². The predicted molar refractivity (Wildman–Crippen MR) is 184 cm³/mol. The van der Waals surface area contributed by atoms with Crippen LogP contribution in [-0.2, 0) is 24.2 Å². The van der Waals surface area contributed by atoms with Gasteiger partial charge >= 0.3 is 0 Å². The van der Waals surface area contributed by atoms with Crippen LogP contribution in [0.5, 0.6) is 0 Å². The summed E-state index contributed by atoms with van der Waals surface area (Å²) in [6, 6.07) is 22.0. The van der Waals surface area contributed by atoms with E-state index in [2.05, 4.69) is 76.5 Å². The van der Waals surface area contributed by atoms with Crippen molar-refractivity contribution in [1.82, 2.24) is 39.6 Å². The highest BCUT2D eigenvalue weighted by Crippen LogP contribution is 2.32. The van der Waals surface area contributed by atoms with Crippen LogP contribution in [0.4, 0.5) is 0 Å². The minimum atomic E-state index is -0.304. The van der Waals surface area contributed by atoms with Gasteiger partial charge in [-0.15, -0.1) is 5.10 Å². The first kappa shape index (κ1) is 34.1. The van der Waals surface area contributed by atoms with E-state index in [9.17, 15) is 4.79 Å². The van der Waals surface area contributed by atoms with Gasteiger partial charge in [0.05, 0.1) is 5.69 Å². The molecule has 1 atom stereocenters. The molecule has 0 aliphatic rings. The van der Waals surface area contributed by atoms with Crippen molar-refractivity contribution in [3.05, 3.63) is 100 Å². The van der Waals surface area contributed by atoms with E-state index in [0.29, 0.717) is 36.9 Å². The molecule has 3 heterocycles. The minimum absolute atomic E-state index is 0.210. The summed E-state index contributed by atoms with van der Waals surface area (Å²) in [6.07, 6.45) is 2.36. The van der Waals surface area contributed by atoms with E-state index in [1.807, 2.05) is 48.7 Å². The van der Waals surface area contributed by atoms with Crippen LogP contribution in [0, 0.1) is 0 Å². The van der Waals surface area contributed by atoms with Gasteiger partial charge in [0.1, 0.15) is 17.2 Å². The van der Waals surface area contributed by atoms with Crippen LogP contribution in [-0.4, -0.2) is 65.1 Å². The van der Waals surface area contributed by atoms with Crippen LogP contribution in [0.15, 0.2) is 66.7 Å². The number of hydrogen-bond acceptors (Lipinski definition) is 8. The van der Waals surface area contributed by atoms with E-state index < -0.39 is 0 Å². The van der Waals surface area contributed by atoms with Gasteiger partial charge in [-0.1, -0.05) is 93.4 Å². The number of halogens is 1. The van der Waals surface area contributed by atoms with E-state index >= 15 is 0 Å². The number of aromatic nitrogens is 7. The molecule has 2 aromatic carbocycles. The lowest BCUT2D eigenvalue weighted by Crippen LogP contribution is -2.23. The summed E-state index contributed by atoms with van der Waals surface area (Å²) in [5.74, 6) is 1.21. The summed E-state index contributed by atoms with van der Waals surface area (Å²) in [5.41, 5.74) is 5.53. The molecule has 47 heavy (non-hydrogen) atoms. The Bertz CT molecular complexity index is 1780. The normalized spacial score (nSPS) is 12.1. The molecule has 5 rings (SSSR count). The Morgan fingerprint density at radius 3 is 2.38 bits per heavy atom. The van der Waals surface area contributed by atoms with E-state index in [1.54, 1.807) is 10.7 Å². The van der Waals surface area contributed by atoms with E-state index in [1.165, 1.54) is 0 Å². The van der Waals surface area contributed by atoms with Crippen molar-refractivity contribution in [1.29, 1.82) is 0 Å². The Morgan fingerprint density at radius 2 is 1.68 bits per heavy atom. The molecule has 11 heteroatoms. The summed E-state index contributed by atoms with van der Waals surface area (Å²) in [6.45, 7) is 13.8. The van der Waals surface area contributed by atoms with Crippen LogP contribution >= 0.6 is 11.6 Å². The molecular formula is C36H43ClN8O2. The number of ketones is 1. The van der Waals surface area contributed by atoms with Crippen molar-refractivity contribution in [2.45, 2.75) is 73.2 Å². The monoisotopic (exact) mass is 654 g/mol. The van der Waals surface area contributed by atoms with Crippen molar-refractivity contribution >= 4 is 17.4 Å². The third-order valence-electron chi connectivity index (χ3n) is 8.31. The first-order chi connectivity index (χ1) is 22.9. The summed E-state index contributed by atoms with van der Waals surface area (Å²) >= 11 is 6.72. The van der Waals surface area contributed by atoms with Gasteiger partial charge in [-0.2, -0.15) is 4.68 Å². The Morgan fingerprint density at radius 1 is 0.936 bits per heavy atom. The molecule has 0 N–H and O–H groups in total.